The number of hydrogen-bond donors (Lipinski definition) is 2. The fraction of sp³-hybridized carbons (Fsp3) is 0. The number of nitrogens with two attached hydrogens (primary N) is 2. The van der Waals surface area contributed by atoms with Crippen molar-refractivity contribution in [2.24, 2.45) is 11.5 Å². The zero-order valence-electron chi connectivity index (χ0n) is 10.6. The molecule has 2 aromatic rings. The molecule has 2 aromatic carbocycles. The van der Waals surface area contributed by atoms with Crippen LogP contribution in [0.2, 0.25) is 0 Å². The predicted molar refractivity (Wildman–Crippen MR) is 94.9 cm³/mol. The Labute approximate surface area is 156 Å². The minimum atomic E-state index is 0. The molecule has 2 rings (SSSR count). The molecule has 106 valence electrons. The topological polar surface area (TPSA) is 70.5 Å². The first-order valence-electron chi connectivity index (χ1n) is 5.62. The first-order chi connectivity index (χ1) is 9.58. The van der Waals surface area contributed by atoms with Crippen LogP contribution in [0.5, 0.6) is 11.5 Å². The Morgan fingerprint density at radius 1 is 0.667 bits per heavy atom. The second kappa shape index (κ2) is 11.5. The third-order valence-corrected chi connectivity index (χ3v) is 2.09. The summed E-state index contributed by atoms with van der Waals surface area (Å²) in [7, 11) is 0. The Balaban J connectivity index is 0.000000364. The van der Waals surface area contributed by atoms with Crippen molar-refractivity contribution in [3.63, 3.8) is 0 Å². The Kier molecular flexibility index (Phi) is 10.8. The van der Waals surface area contributed by atoms with Crippen molar-refractivity contribution >= 4 is 64.3 Å². The number of hydrogen-bond acceptors (Lipinski definition) is 4. The number of rotatable bonds is 2. The van der Waals surface area contributed by atoms with Crippen LogP contribution in [0.3, 0.4) is 0 Å². The number of thiocarbonyl (C=S) groups is 2. The zero-order chi connectivity index (χ0) is 14.8. The van der Waals surface area contributed by atoms with Gasteiger partial charge in [-0.1, -0.05) is 36.4 Å². The van der Waals surface area contributed by atoms with E-state index in [-0.39, 0.29) is 39.9 Å². The summed E-state index contributed by atoms with van der Waals surface area (Å²) in [5, 5.41) is 0.0948. The van der Waals surface area contributed by atoms with Crippen LogP contribution in [0.25, 0.3) is 0 Å². The van der Waals surface area contributed by atoms with E-state index in [0.29, 0.717) is 11.5 Å². The molecule has 4 N–H and O–H groups in total. The van der Waals surface area contributed by atoms with Gasteiger partial charge in [-0.25, -0.2) is 0 Å². The Bertz CT molecular complexity index is 502. The quantitative estimate of drug-likeness (QED) is 0.648. The summed E-state index contributed by atoms with van der Waals surface area (Å²) in [6.45, 7) is 0. The summed E-state index contributed by atoms with van der Waals surface area (Å²) in [6.07, 6.45) is 0. The second-order valence-corrected chi connectivity index (χ2v) is 4.27. The van der Waals surface area contributed by atoms with Gasteiger partial charge >= 0.3 is 29.6 Å². The molecule has 0 atom stereocenters. The van der Waals surface area contributed by atoms with Crippen molar-refractivity contribution in [2.45, 2.75) is 0 Å². The average Bonchev–Trinajstić information content (AvgIpc) is 2.40. The molecule has 0 heterocycles. The Hall–Kier alpha value is -1.18. The molecule has 0 radical (unpaired) electrons. The van der Waals surface area contributed by atoms with Crippen LogP contribution in [0.15, 0.2) is 60.7 Å². The van der Waals surface area contributed by atoms with Crippen molar-refractivity contribution in [3.8, 4) is 11.5 Å². The van der Waals surface area contributed by atoms with E-state index < -0.39 is 0 Å². The molecule has 0 amide bonds. The van der Waals surface area contributed by atoms with Gasteiger partial charge in [-0.15, -0.1) is 0 Å². The second-order valence-electron chi connectivity index (χ2n) is 3.47. The van der Waals surface area contributed by atoms with Crippen LogP contribution >= 0.6 is 24.4 Å². The summed E-state index contributed by atoms with van der Waals surface area (Å²) >= 11 is 9.07. The first-order valence-corrected chi connectivity index (χ1v) is 6.44. The van der Waals surface area contributed by atoms with Crippen molar-refractivity contribution in [3.05, 3.63) is 60.7 Å². The summed E-state index contributed by atoms with van der Waals surface area (Å²) < 4.78 is 9.85. The van der Waals surface area contributed by atoms with Crippen LogP contribution < -0.4 is 20.9 Å². The van der Waals surface area contributed by atoms with E-state index in [1.807, 2.05) is 36.4 Å². The fourth-order valence-corrected chi connectivity index (χ4v) is 1.40. The molecule has 0 spiro atoms. The molecular formula is C14H15N2NaO2S2. The van der Waals surface area contributed by atoms with E-state index in [2.05, 4.69) is 24.4 Å². The molecule has 0 bridgehead atoms. The molecule has 0 saturated heterocycles. The van der Waals surface area contributed by atoms with Crippen LogP contribution in [0.1, 0.15) is 0 Å². The van der Waals surface area contributed by atoms with Gasteiger partial charge in [-0.05, 0) is 48.7 Å². The van der Waals surface area contributed by atoms with E-state index in [9.17, 15) is 0 Å². The first kappa shape index (κ1) is 19.8. The monoisotopic (exact) mass is 330 g/mol. The van der Waals surface area contributed by atoms with Crippen molar-refractivity contribution in [2.75, 3.05) is 0 Å². The van der Waals surface area contributed by atoms with E-state index in [1.165, 1.54) is 0 Å². The molecule has 0 aromatic heterocycles. The molecule has 21 heavy (non-hydrogen) atoms. The van der Waals surface area contributed by atoms with Gasteiger partial charge in [-0.2, -0.15) is 0 Å². The molecule has 0 saturated carbocycles. The van der Waals surface area contributed by atoms with Gasteiger partial charge < -0.3 is 20.9 Å². The molecule has 0 unspecified atom stereocenters. The molecular weight excluding hydrogens is 315 g/mol. The Morgan fingerprint density at radius 2 is 0.952 bits per heavy atom. The van der Waals surface area contributed by atoms with Crippen molar-refractivity contribution in [1.29, 1.82) is 0 Å². The van der Waals surface area contributed by atoms with Gasteiger partial charge in [0, 0.05) is 0 Å². The molecule has 0 aliphatic rings. The molecule has 4 nitrogen and oxygen atoms in total. The number of para-hydroxylation sites is 2. The third kappa shape index (κ3) is 10.2. The van der Waals surface area contributed by atoms with Crippen molar-refractivity contribution < 1.29 is 9.47 Å². The van der Waals surface area contributed by atoms with E-state index in [4.69, 9.17) is 20.9 Å². The summed E-state index contributed by atoms with van der Waals surface area (Å²) in [4.78, 5) is 0. The van der Waals surface area contributed by atoms with Crippen LogP contribution in [0, 0.1) is 0 Å². The van der Waals surface area contributed by atoms with Crippen LogP contribution in [0.4, 0.5) is 0 Å². The Morgan fingerprint density at radius 3 is 1.19 bits per heavy atom. The minimum absolute atomic E-state index is 0. The van der Waals surface area contributed by atoms with Gasteiger partial charge in [-0.3, -0.25) is 0 Å². The molecule has 7 heteroatoms. The number of benzene rings is 2. The maximum absolute atomic E-state index is 5.13. The van der Waals surface area contributed by atoms with Gasteiger partial charge in [0.15, 0.2) is 0 Å². The van der Waals surface area contributed by atoms with Crippen LogP contribution in [-0.2, 0) is 0 Å². The van der Waals surface area contributed by atoms with Gasteiger partial charge in [0.1, 0.15) is 11.5 Å². The molecule has 0 fully saturated rings. The van der Waals surface area contributed by atoms with Gasteiger partial charge in [0.05, 0.1) is 0 Å². The molecule has 0 aliphatic heterocycles. The van der Waals surface area contributed by atoms with Gasteiger partial charge in [0.25, 0.3) is 10.3 Å². The third-order valence-electron chi connectivity index (χ3n) is 1.92. The standard InChI is InChI=1S/2C7H7NOS.Na.H/c2*8-7(10)9-6-4-2-1-3-5-6;;/h2*1-5H,(H2,8,10);;. The summed E-state index contributed by atoms with van der Waals surface area (Å²) in [5.74, 6) is 1.35. The summed E-state index contributed by atoms with van der Waals surface area (Å²) in [6, 6.07) is 18.4. The SMILES string of the molecule is NC(=S)Oc1ccccc1.NC(=S)Oc1ccccc1.[NaH]. The van der Waals surface area contributed by atoms with E-state index in [1.54, 1.807) is 24.3 Å². The fourth-order valence-electron chi connectivity index (χ4n) is 1.21. The molecule has 0 aliphatic carbocycles. The zero-order valence-corrected chi connectivity index (χ0v) is 12.2. The average molecular weight is 330 g/mol. The normalized spacial score (nSPS) is 8.38. The van der Waals surface area contributed by atoms with E-state index >= 15 is 0 Å². The predicted octanol–water partition coefficient (Wildman–Crippen LogP) is 1.97. The van der Waals surface area contributed by atoms with E-state index in [0.717, 1.165) is 0 Å². The van der Waals surface area contributed by atoms with Crippen molar-refractivity contribution in [1.82, 2.24) is 0 Å². The maximum atomic E-state index is 5.13. The van der Waals surface area contributed by atoms with Gasteiger partial charge in [0.2, 0.25) is 0 Å². The van der Waals surface area contributed by atoms with Crippen LogP contribution in [-0.4, -0.2) is 39.9 Å². The summed E-state index contributed by atoms with van der Waals surface area (Å²) in [5.41, 5.74) is 10.3. The number of ether oxygens (including phenoxy) is 2.